The van der Waals surface area contributed by atoms with Gasteiger partial charge in [-0.05, 0) is 31.6 Å². The molecule has 0 aliphatic carbocycles. The summed E-state index contributed by atoms with van der Waals surface area (Å²) in [6.45, 7) is 1.56. The van der Waals surface area contributed by atoms with Gasteiger partial charge in [0, 0.05) is 5.03 Å². The van der Waals surface area contributed by atoms with E-state index in [4.69, 9.17) is 38.4 Å². The molecule has 0 aromatic rings. The van der Waals surface area contributed by atoms with Crippen molar-refractivity contribution in [1.82, 2.24) is 4.90 Å². The number of carbonyl (C=O) groups is 3. The van der Waals surface area contributed by atoms with E-state index in [2.05, 4.69) is 0 Å². The highest BCUT2D eigenvalue weighted by Crippen LogP contribution is 2.31. The third-order valence-electron chi connectivity index (χ3n) is 7.10. The lowest BCUT2D eigenvalue weighted by Gasteiger charge is -2.41. The first-order chi connectivity index (χ1) is 21.9. The lowest BCUT2D eigenvalue weighted by Crippen LogP contribution is -2.61. The van der Waals surface area contributed by atoms with Crippen LogP contribution in [0.4, 0.5) is 0 Å². The summed E-state index contributed by atoms with van der Waals surface area (Å²) in [4.78, 5) is 38.5. The number of ketones is 1. The molecule has 0 radical (unpaired) electrons. The number of nitrogens with zero attached hydrogens (tertiary/aromatic N) is 1. The Hall–Kier alpha value is -3.55. The Labute approximate surface area is 277 Å². The number of hydrogen-bond acceptors (Lipinski definition) is 9. The normalized spacial score (nSPS) is 32.8. The number of carbonyl (C=O) groups excluding carboxylic acids is 3. The molecule has 46 heavy (non-hydrogen) atoms. The Bertz CT molecular complexity index is 1390. The third-order valence-corrected chi connectivity index (χ3v) is 7.78. The highest BCUT2D eigenvalue weighted by atomic mass is 35.5. The zero-order valence-electron chi connectivity index (χ0n) is 25.0. The molecule has 11 nitrogen and oxygen atoms in total. The molecular weight excluding hydrogens is 639 g/mol. The average Bonchev–Trinajstić information content (AvgIpc) is 3.45. The van der Waals surface area contributed by atoms with E-state index in [-0.39, 0.29) is 17.6 Å². The summed E-state index contributed by atoms with van der Waals surface area (Å²) >= 11 is 12.4. The van der Waals surface area contributed by atoms with Crippen molar-refractivity contribution < 1.29 is 44.3 Å². The number of allylic oxidation sites excluding steroid dienone is 15. The molecule has 3 rings (SSSR count). The first-order valence-electron chi connectivity index (χ1n) is 14.5. The molecule has 8 unspecified atom stereocenters. The van der Waals surface area contributed by atoms with Gasteiger partial charge in [-0.2, -0.15) is 0 Å². The molecule has 0 aromatic heterocycles. The molecule has 3 aliphatic rings. The van der Waals surface area contributed by atoms with E-state index in [1.807, 2.05) is 31.2 Å². The van der Waals surface area contributed by atoms with E-state index < -0.39 is 72.5 Å². The van der Waals surface area contributed by atoms with Gasteiger partial charge in [0.05, 0.1) is 30.6 Å². The van der Waals surface area contributed by atoms with Crippen LogP contribution >= 0.6 is 23.2 Å². The minimum Gasteiger partial charge on any atom is -0.507 e. The lowest BCUT2D eigenvalue weighted by atomic mass is 10.0. The second-order valence-electron chi connectivity index (χ2n) is 10.7. The van der Waals surface area contributed by atoms with Crippen LogP contribution in [0.5, 0.6) is 0 Å². The Kier molecular flexibility index (Phi) is 14.4. The monoisotopic (exact) mass is 676 g/mol. The molecule has 3 aliphatic heterocycles. The number of aliphatic hydroxyl groups excluding tert-OH is 4. The SMILES string of the molecule is CC1CC(Cl)C(C=CC=CC=CC(Cl)=CC=CC=CC=CC=CC(O)=C2C(=O)C(CC(N)=O)N(C3OCC(O)C(O)C3O)C2=O)O1. The molecule has 0 bridgehead atoms. The summed E-state index contributed by atoms with van der Waals surface area (Å²) in [6.07, 6.45) is 19.2. The van der Waals surface area contributed by atoms with Crippen molar-refractivity contribution in [2.45, 2.75) is 67.9 Å². The first kappa shape index (κ1) is 36.9. The van der Waals surface area contributed by atoms with Crippen LogP contribution in [0.25, 0.3) is 0 Å². The fourth-order valence-electron chi connectivity index (χ4n) is 4.84. The fraction of sp³-hybridized carbons (Fsp3) is 0.364. The lowest BCUT2D eigenvalue weighted by molar-refractivity contribution is -0.229. The molecule has 0 aromatic carbocycles. The van der Waals surface area contributed by atoms with Crippen LogP contribution in [0.3, 0.4) is 0 Å². The van der Waals surface area contributed by atoms with Gasteiger partial charge in [-0.1, -0.05) is 84.5 Å². The van der Waals surface area contributed by atoms with Crippen LogP contribution in [0.2, 0.25) is 0 Å². The zero-order valence-corrected chi connectivity index (χ0v) is 26.5. The highest BCUT2D eigenvalue weighted by Gasteiger charge is 2.53. The summed E-state index contributed by atoms with van der Waals surface area (Å²) < 4.78 is 11.0. The predicted octanol–water partition coefficient (Wildman–Crippen LogP) is 2.69. The minimum absolute atomic E-state index is 0.0149. The number of aliphatic hydroxyl groups is 4. The molecule has 3 saturated heterocycles. The van der Waals surface area contributed by atoms with Crippen LogP contribution in [0.15, 0.2) is 108 Å². The van der Waals surface area contributed by atoms with Gasteiger partial charge >= 0.3 is 0 Å². The number of amides is 2. The molecule has 3 fully saturated rings. The van der Waals surface area contributed by atoms with Gasteiger partial charge < -0.3 is 35.6 Å². The van der Waals surface area contributed by atoms with Gasteiger partial charge in [0.2, 0.25) is 5.91 Å². The largest absolute Gasteiger partial charge is 0.507 e. The van der Waals surface area contributed by atoms with Crippen molar-refractivity contribution in [3.63, 3.8) is 0 Å². The van der Waals surface area contributed by atoms with Crippen LogP contribution in [0, 0.1) is 0 Å². The Morgan fingerprint density at radius 3 is 2.20 bits per heavy atom. The second-order valence-corrected chi connectivity index (χ2v) is 11.6. The second kappa shape index (κ2) is 18.0. The number of alkyl halides is 1. The molecule has 13 heteroatoms. The summed E-state index contributed by atoms with van der Waals surface area (Å²) in [5.74, 6) is -3.52. The molecule has 8 atom stereocenters. The number of Topliss-reactive ketones (excluding diaryl/α,β-unsaturated/α-hetero) is 1. The number of primary amides is 1. The number of rotatable bonds is 12. The number of halogens is 2. The highest BCUT2D eigenvalue weighted by molar-refractivity contribution is 6.31. The molecule has 2 amide bonds. The van der Waals surface area contributed by atoms with E-state index in [0.29, 0.717) is 5.03 Å². The van der Waals surface area contributed by atoms with Gasteiger partial charge in [0.25, 0.3) is 5.91 Å². The fourth-order valence-corrected chi connectivity index (χ4v) is 5.38. The number of hydrogen-bond donors (Lipinski definition) is 5. The quantitative estimate of drug-likeness (QED) is 0.0683. The summed E-state index contributed by atoms with van der Waals surface area (Å²) in [7, 11) is 0. The van der Waals surface area contributed by atoms with Crippen molar-refractivity contribution in [2.75, 3.05) is 6.61 Å². The first-order valence-corrected chi connectivity index (χ1v) is 15.3. The van der Waals surface area contributed by atoms with Crippen molar-refractivity contribution in [3.05, 3.63) is 108 Å². The molecule has 248 valence electrons. The smallest absolute Gasteiger partial charge is 0.264 e. The van der Waals surface area contributed by atoms with E-state index in [9.17, 15) is 34.8 Å². The molecular formula is C33H38Cl2N2O9. The minimum atomic E-state index is -1.78. The van der Waals surface area contributed by atoms with E-state index in [1.54, 1.807) is 48.6 Å². The van der Waals surface area contributed by atoms with E-state index >= 15 is 0 Å². The Balaban J connectivity index is 1.53. The molecule has 6 N–H and O–H groups in total. The maximum atomic E-state index is 13.1. The molecule has 3 heterocycles. The van der Waals surface area contributed by atoms with Crippen molar-refractivity contribution in [3.8, 4) is 0 Å². The molecule has 0 saturated carbocycles. The number of likely N-dealkylation sites (tertiary alicyclic amines) is 1. The summed E-state index contributed by atoms with van der Waals surface area (Å²) in [5, 5.41) is 41.1. The van der Waals surface area contributed by atoms with Crippen LogP contribution < -0.4 is 5.73 Å². The Morgan fingerprint density at radius 1 is 0.957 bits per heavy atom. The van der Waals surface area contributed by atoms with Gasteiger partial charge in [0.1, 0.15) is 35.7 Å². The van der Waals surface area contributed by atoms with E-state index in [0.717, 1.165) is 17.4 Å². The standard InChI is InChI=1S/C33H38Cl2N2O9/c1-20-17-22(35)26(46-20)16-12-8-7-10-14-21(34)13-9-5-3-2-4-6-11-15-24(38)28-29(41)23(18-27(36)40)37(32(28)44)33-31(43)30(42)25(39)19-45-33/h2-16,20,22-23,25-26,30-31,33,38-39,42-43H,17-19H2,1H3,(H2,36,40). The average molecular weight is 678 g/mol. The van der Waals surface area contributed by atoms with Crippen molar-refractivity contribution in [2.24, 2.45) is 5.73 Å². The topological polar surface area (TPSA) is 180 Å². The van der Waals surface area contributed by atoms with Crippen molar-refractivity contribution in [1.29, 1.82) is 0 Å². The summed E-state index contributed by atoms with van der Waals surface area (Å²) in [5.41, 5.74) is 4.62. The molecule has 0 spiro atoms. The van der Waals surface area contributed by atoms with Crippen LogP contribution in [-0.2, 0) is 23.9 Å². The van der Waals surface area contributed by atoms with Crippen LogP contribution in [0.1, 0.15) is 19.8 Å². The predicted molar refractivity (Wildman–Crippen MR) is 173 cm³/mol. The van der Waals surface area contributed by atoms with Gasteiger partial charge in [-0.3, -0.25) is 19.3 Å². The third kappa shape index (κ3) is 10.2. The zero-order chi connectivity index (χ0) is 33.8. The van der Waals surface area contributed by atoms with Crippen molar-refractivity contribution >= 4 is 40.8 Å². The number of nitrogens with two attached hydrogens (primary N) is 1. The van der Waals surface area contributed by atoms with Gasteiger partial charge in [-0.25, -0.2) is 0 Å². The summed E-state index contributed by atoms with van der Waals surface area (Å²) in [6, 6.07) is -1.47. The van der Waals surface area contributed by atoms with E-state index in [1.165, 1.54) is 12.2 Å². The van der Waals surface area contributed by atoms with Gasteiger partial charge in [-0.15, -0.1) is 11.6 Å². The van der Waals surface area contributed by atoms with Gasteiger partial charge in [0.15, 0.2) is 12.0 Å². The maximum Gasteiger partial charge on any atom is 0.264 e. The number of ether oxygens (including phenoxy) is 2. The Morgan fingerprint density at radius 2 is 1.57 bits per heavy atom. The van der Waals surface area contributed by atoms with Crippen LogP contribution in [-0.4, -0.2) is 97.7 Å². The maximum absolute atomic E-state index is 13.1.